The molecular formula is C12H19NO8. The van der Waals surface area contributed by atoms with Gasteiger partial charge in [0.25, 0.3) is 0 Å². The second-order valence-electron chi connectivity index (χ2n) is 5.13. The minimum Gasteiger partial charge on any atom is -0.481 e. The molecule has 0 bridgehead atoms. The van der Waals surface area contributed by atoms with Crippen LogP contribution in [-0.2, 0) is 23.9 Å². The number of alkyl carbamates (subject to hydrolysis) is 1. The van der Waals surface area contributed by atoms with Gasteiger partial charge >= 0.3 is 24.0 Å². The number of nitrogens with one attached hydrogen (secondary N) is 1. The average molecular weight is 305 g/mol. The molecule has 0 saturated carbocycles. The van der Waals surface area contributed by atoms with Gasteiger partial charge in [0.2, 0.25) is 5.54 Å². The molecule has 0 heterocycles. The molecule has 0 aromatic rings. The molecule has 0 fully saturated rings. The highest BCUT2D eigenvalue weighted by molar-refractivity contribution is 6.09. The maximum atomic E-state index is 11.8. The molecule has 1 atom stereocenters. The van der Waals surface area contributed by atoms with E-state index in [1.54, 1.807) is 5.32 Å². The largest absolute Gasteiger partial charge is 0.481 e. The van der Waals surface area contributed by atoms with Gasteiger partial charge in [0.15, 0.2) is 0 Å². The van der Waals surface area contributed by atoms with Gasteiger partial charge in [-0.15, -0.1) is 0 Å². The Bertz CT molecular complexity index is 439. The number of carbonyl (C=O) groups is 4. The molecule has 0 aliphatic heterocycles. The van der Waals surface area contributed by atoms with E-state index in [0.29, 0.717) is 0 Å². The second kappa shape index (κ2) is 6.91. The van der Waals surface area contributed by atoms with E-state index in [-0.39, 0.29) is 6.61 Å². The first kappa shape index (κ1) is 18.7. The Hall–Kier alpha value is -2.32. The Balaban J connectivity index is 5.46. The molecule has 21 heavy (non-hydrogen) atoms. The number of carboxylic acid groups (broad SMARTS) is 2. The Morgan fingerprint density at radius 3 is 1.95 bits per heavy atom. The summed E-state index contributed by atoms with van der Waals surface area (Å²) in [5.41, 5.74) is -3.70. The lowest BCUT2D eigenvalue weighted by Gasteiger charge is -2.28. The van der Waals surface area contributed by atoms with Crippen molar-refractivity contribution in [3.05, 3.63) is 0 Å². The molecule has 0 rings (SSSR count). The van der Waals surface area contributed by atoms with Gasteiger partial charge < -0.3 is 19.7 Å². The minimum atomic E-state index is -2.75. The van der Waals surface area contributed by atoms with E-state index < -0.39 is 41.6 Å². The zero-order valence-corrected chi connectivity index (χ0v) is 12.3. The Morgan fingerprint density at radius 1 is 1.10 bits per heavy atom. The molecule has 0 aromatic heterocycles. The molecule has 9 nitrogen and oxygen atoms in total. The molecule has 9 heteroatoms. The fourth-order valence-corrected chi connectivity index (χ4v) is 1.34. The van der Waals surface area contributed by atoms with Crippen molar-refractivity contribution < 1.29 is 38.9 Å². The van der Waals surface area contributed by atoms with Crippen LogP contribution in [0.4, 0.5) is 4.79 Å². The monoisotopic (exact) mass is 305 g/mol. The van der Waals surface area contributed by atoms with Crippen LogP contribution in [0.2, 0.25) is 0 Å². The lowest BCUT2D eigenvalue weighted by atomic mass is 9.95. The lowest BCUT2D eigenvalue weighted by molar-refractivity contribution is -0.167. The molecule has 3 N–H and O–H groups in total. The first-order chi connectivity index (χ1) is 9.44. The molecule has 1 amide bonds. The van der Waals surface area contributed by atoms with E-state index >= 15 is 0 Å². The predicted octanol–water partition coefficient (Wildman–Crippen LogP) is 0.372. The Labute approximate surface area is 121 Å². The maximum absolute atomic E-state index is 11.8. The van der Waals surface area contributed by atoms with Crippen LogP contribution in [0.3, 0.4) is 0 Å². The molecule has 0 aliphatic carbocycles. The lowest BCUT2D eigenvalue weighted by Crippen LogP contribution is -2.62. The van der Waals surface area contributed by atoms with Gasteiger partial charge in [0, 0.05) is 0 Å². The summed E-state index contributed by atoms with van der Waals surface area (Å²) in [4.78, 5) is 45.6. The summed E-state index contributed by atoms with van der Waals surface area (Å²) in [6.07, 6.45) is -2.42. The van der Waals surface area contributed by atoms with E-state index in [4.69, 9.17) is 9.84 Å². The third kappa shape index (κ3) is 5.67. The van der Waals surface area contributed by atoms with Crippen LogP contribution in [0.1, 0.15) is 34.1 Å². The summed E-state index contributed by atoms with van der Waals surface area (Å²) in [6, 6.07) is 0. The third-order valence-corrected chi connectivity index (χ3v) is 2.12. The predicted molar refractivity (Wildman–Crippen MR) is 68.6 cm³/mol. The van der Waals surface area contributed by atoms with Gasteiger partial charge in [0.05, 0.1) is 13.0 Å². The van der Waals surface area contributed by atoms with Crippen LogP contribution >= 0.6 is 0 Å². The first-order valence-corrected chi connectivity index (χ1v) is 6.08. The summed E-state index contributed by atoms with van der Waals surface area (Å²) < 4.78 is 9.39. The van der Waals surface area contributed by atoms with Crippen molar-refractivity contribution in [3.8, 4) is 0 Å². The summed E-state index contributed by atoms with van der Waals surface area (Å²) >= 11 is 0. The molecule has 0 spiro atoms. The van der Waals surface area contributed by atoms with Crippen molar-refractivity contribution in [2.75, 3.05) is 6.61 Å². The van der Waals surface area contributed by atoms with Crippen LogP contribution in [0, 0.1) is 0 Å². The van der Waals surface area contributed by atoms with Gasteiger partial charge in [-0.1, -0.05) is 0 Å². The number of aliphatic carboxylic acids is 2. The zero-order valence-electron chi connectivity index (χ0n) is 12.3. The standard InChI is InChI=1S/C12H19NO8/c1-5-20-9(18)12(8(16)17,6-7(14)15)13-10(19)21-11(2,3)4/h5-6H2,1-4H3,(H,13,19)(H,14,15)(H,16,17). The van der Waals surface area contributed by atoms with Crippen molar-refractivity contribution in [3.63, 3.8) is 0 Å². The van der Waals surface area contributed by atoms with Crippen LogP contribution in [0.25, 0.3) is 0 Å². The topological polar surface area (TPSA) is 139 Å². The number of amides is 1. The average Bonchev–Trinajstić information content (AvgIpc) is 2.24. The number of rotatable bonds is 6. The van der Waals surface area contributed by atoms with E-state index in [1.165, 1.54) is 27.7 Å². The fraction of sp³-hybridized carbons (Fsp3) is 0.667. The number of carboxylic acids is 2. The fourth-order valence-electron chi connectivity index (χ4n) is 1.34. The third-order valence-electron chi connectivity index (χ3n) is 2.12. The summed E-state index contributed by atoms with van der Waals surface area (Å²) in [5, 5.41) is 19.8. The molecule has 0 saturated heterocycles. The quantitative estimate of drug-likeness (QED) is 0.472. The Kier molecular flexibility index (Phi) is 6.15. The van der Waals surface area contributed by atoms with Crippen molar-refractivity contribution in [2.45, 2.75) is 45.3 Å². The minimum absolute atomic E-state index is 0.177. The number of hydrogen-bond donors (Lipinski definition) is 3. The van der Waals surface area contributed by atoms with Gasteiger partial charge in [-0.3, -0.25) is 10.1 Å². The van der Waals surface area contributed by atoms with Gasteiger partial charge in [-0.25, -0.2) is 14.4 Å². The molecule has 120 valence electrons. The van der Waals surface area contributed by atoms with Crippen LogP contribution in [0.5, 0.6) is 0 Å². The van der Waals surface area contributed by atoms with Crippen LogP contribution in [0.15, 0.2) is 0 Å². The van der Waals surface area contributed by atoms with Gasteiger partial charge in [0.1, 0.15) is 5.60 Å². The highest BCUT2D eigenvalue weighted by Gasteiger charge is 2.52. The van der Waals surface area contributed by atoms with E-state index in [9.17, 15) is 24.3 Å². The highest BCUT2D eigenvalue weighted by atomic mass is 16.6. The molecule has 0 aromatic carbocycles. The van der Waals surface area contributed by atoms with E-state index in [0.717, 1.165) is 0 Å². The van der Waals surface area contributed by atoms with Crippen molar-refractivity contribution >= 4 is 24.0 Å². The van der Waals surface area contributed by atoms with Crippen molar-refractivity contribution in [1.82, 2.24) is 5.32 Å². The smallest absolute Gasteiger partial charge is 0.409 e. The zero-order chi connectivity index (χ0) is 16.8. The SMILES string of the molecule is CCOC(=O)C(CC(=O)O)(NC(=O)OC(C)(C)C)C(=O)O. The number of hydrogen-bond acceptors (Lipinski definition) is 6. The highest BCUT2D eigenvalue weighted by Crippen LogP contribution is 2.16. The normalized spacial score (nSPS) is 13.7. The number of ether oxygens (including phenoxy) is 2. The summed E-state index contributed by atoms with van der Waals surface area (Å²) in [6.45, 7) is 5.81. The molecule has 0 aliphatic rings. The van der Waals surface area contributed by atoms with Gasteiger partial charge in [-0.05, 0) is 27.7 Å². The first-order valence-electron chi connectivity index (χ1n) is 6.08. The van der Waals surface area contributed by atoms with E-state index in [2.05, 4.69) is 4.74 Å². The second-order valence-corrected chi connectivity index (χ2v) is 5.13. The maximum Gasteiger partial charge on any atom is 0.409 e. The molecular weight excluding hydrogens is 286 g/mol. The van der Waals surface area contributed by atoms with E-state index in [1.807, 2.05) is 0 Å². The number of carbonyl (C=O) groups excluding carboxylic acids is 2. The molecule has 1 unspecified atom stereocenters. The van der Waals surface area contributed by atoms with Crippen LogP contribution in [-0.4, -0.2) is 52.0 Å². The van der Waals surface area contributed by atoms with Crippen molar-refractivity contribution in [1.29, 1.82) is 0 Å². The van der Waals surface area contributed by atoms with Crippen LogP contribution < -0.4 is 5.32 Å². The summed E-state index contributed by atoms with van der Waals surface area (Å²) in [7, 11) is 0. The summed E-state index contributed by atoms with van der Waals surface area (Å²) in [5.74, 6) is -4.83. The van der Waals surface area contributed by atoms with Gasteiger partial charge in [-0.2, -0.15) is 0 Å². The molecule has 0 radical (unpaired) electrons. The number of esters is 1. The Morgan fingerprint density at radius 2 is 1.62 bits per heavy atom. The van der Waals surface area contributed by atoms with Crippen molar-refractivity contribution in [2.24, 2.45) is 0 Å².